The van der Waals surface area contributed by atoms with Crippen LogP contribution in [0.4, 0.5) is 10.5 Å². The third kappa shape index (κ3) is 3.51. The Kier molecular flexibility index (Phi) is 4.28. The number of imide groups is 1. The first kappa shape index (κ1) is 17.4. The second kappa shape index (κ2) is 6.14. The Labute approximate surface area is 145 Å². The van der Waals surface area contributed by atoms with E-state index in [0.717, 1.165) is 10.5 Å². The summed E-state index contributed by atoms with van der Waals surface area (Å²) in [5.74, 6) is -1.33. The summed E-state index contributed by atoms with van der Waals surface area (Å²) >= 11 is 0. The van der Waals surface area contributed by atoms with E-state index in [1.807, 2.05) is 19.1 Å². The van der Waals surface area contributed by atoms with Crippen LogP contribution in [0.2, 0.25) is 0 Å². The lowest BCUT2D eigenvalue weighted by molar-refractivity contribution is -0.134. The van der Waals surface area contributed by atoms with Gasteiger partial charge >= 0.3 is 6.03 Å². The third-order valence-corrected chi connectivity index (χ3v) is 6.21. The van der Waals surface area contributed by atoms with Crippen molar-refractivity contribution >= 4 is 33.4 Å². The highest BCUT2D eigenvalue weighted by Crippen LogP contribution is 2.30. The zero-order valence-electron chi connectivity index (χ0n) is 13.7. The summed E-state index contributed by atoms with van der Waals surface area (Å²) < 4.78 is 23.1. The monoisotopic (exact) mass is 365 g/mol. The van der Waals surface area contributed by atoms with Gasteiger partial charge < -0.3 is 10.6 Å². The molecule has 0 atom stereocenters. The van der Waals surface area contributed by atoms with Crippen LogP contribution in [-0.2, 0) is 19.4 Å². The van der Waals surface area contributed by atoms with E-state index in [4.69, 9.17) is 0 Å². The fourth-order valence-electron chi connectivity index (χ4n) is 3.03. The Morgan fingerprint density at radius 3 is 2.40 bits per heavy atom. The van der Waals surface area contributed by atoms with Gasteiger partial charge in [-0.1, -0.05) is 17.7 Å². The Hall–Kier alpha value is -2.42. The summed E-state index contributed by atoms with van der Waals surface area (Å²) in [6.07, 6.45) is 0.0754. The highest BCUT2D eigenvalue weighted by molar-refractivity contribution is 7.91. The number of rotatable bonds is 3. The number of sulfone groups is 1. The number of hydrogen-bond donors (Lipinski definition) is 2. The van der Waals surface area contributed by atoms with E-state index in [-0.39, 0.29) is 24.3 Å². The van der Waals surface area contributed by atoms with E-state index in [0.29, 0.717) is 5.69 Å². The van der Waals surface area contributed by atoms with Crippen molar-refractivity contribution in [2.45, 2.75) is 25.3 Å². The molecule has 1 aromatic rings. The molecule has 4 amide bonds. The average Bonchev–Trinajstić information content (AvgIpc) is 2.77. The Morgan fingerprint density at radius 2 is 1.80 bits per heavy atom. The van der Waals surface area contributed by atoms with E-state index in [2.05, 4.69) is 10.6 Å². The van der Waals surface area contributed by atoms with Gasteiger partial charge in [-0.25, -0.2) is 13.2 Å². The van der Waals surface area contributed by atoms with Crippen molar-refractivity contribution in [3.8, 4) is 0 Å². The number of anilines is 1. The minimum absolute atomic E-state index is 0.0377. The highest BCUT2D eigenvalue weighted by Gasteiger charge is 2.53. The van der Waals surface area contributed by atoms with Gasteiger partial charge in [-0.05, 0) is 31.9 Å². The summed E-state index contributed by atoms with van der Waals surface area (Å²) in [6, 6.07) is 6.46. The topological polar surface area (TPSA) is 113 Å². The summed E-state index contributed by atoms with van der Waals surface area (Å²) in [5, 5.41) is 5.21. The maximum Gasteiger partial charge on any atom is 0.325 e. The van der Waals surface area contributed by atoms with E-state index in [9.17, 15) is 22.8 Å². The summed E-state index contributed by atoms with van der Waals surface area (Å²) in [6.45, 7) is 1.51. The molecule has 2 heterocycles. The van der Waals surface area contributed by atoms with E-state index >= 15 is 0 Å². The molecule has 1 spiro atoms. The summed E-state index contributed by atoms with van der Waals surface area (Å²) in [5.41, 5.74) is 0.412. The number of benzene rings is 1. The molecule has 134 valence electrons. The minimum Gasteiger partial charge on any atom is -0.325 e. The molecule has 2 aliphatic rings. The van der Waals surface area contributed by atoms with Crippen LogP contribution in [0.15, 0.2) is 24.3 Å². The van der Waals surface area contributed by atoms with Crippen molar-refractivity contribution in [3.63, 3.8) is 0 Å². The smallest absolute Gasteiger partial charge is 0.325 e. The first-order valence-corrected chi connectivity index (χ1v) is 9.74. The normalized spacial score (nSPS) is 21.2. The van der Waals surface area contributed by atoms with Crippen LogP contribution >= 0.6 is 0 Å². The van der Waals surface area contributed by atoms with Gasteiger partial charge in [0, 0.05) is 5.69 Å². The lowest BCUT2D eigenvalue weighted by atomic mass is 9.92. The average molecular weight is 365 g/mol. The Morgan fingerprint density at radius 1 is 1.20 bits per heavy atom. The predicted octanol–water partition coefficient (Wildman–Crippen LogP) is 0.433. The summed E-state index contributed by atoms with van der Waals surface area (Å²) in [4.78, 5) is 37.7. The number of urea groups is 1. The molecule has 0 unspecified atom stereocenters. The third-order valence-electron chi connectivity index (χ3n) is 4.56. The lowest BCUT2D eigenvalue weighted by Gasteiger charge is -2.30. The van der Waals surface area contributed by atoms with Crippen molar-refractivity contribution in [1.29, 1.82) is 0 Å². The number of nitrogens with one attached hydrogen (secondary N) is 2. The van der Waals surface area contributed by atoms with Gasteiger partial charge in [0.1, 0.15) is 12.1 Å². The standard InChI is InChI=1S/C16H19N3O5S/c1-11-2-4-12(5-3-11)17-13(20)10-19-14(21)16(18-15(19)22)6-8-25(23,24)9-7-16/h2-5H,6-10H2,1H3,(H,17,20)(H,18,22). The maximum absolute atomic E-state index is 12.6. The first-order chi connectivity index (χ1) is 11.7. The molecule has 3 rings (SSSR count). The SMILES string of the molecule is Cc1ccc(NC(=O)CN2C(=O)NC3(CCS(=O)(=O)CC3)C2=O)cc1. The van der Waals surface area contributed by atoms with E-state index in [1.54, 1.807) is 12.1 Å². The highest BCUT2D eigenvalue weighted by atomic mass is 32.2. The number of aryl methyl sites for hydroxylation is 1. The van der Waals surface area contributed by atoms with E-state index in [1.165, 1.54) is 0 Å². The number of carbonyl (C=O) groups excluding carboxylic acids is 3. The van der Waals surface area contributed by atoms with Crippen LogP contribution in [-0.4, -0.2) is 54.8 Å². The molecule has 0 bridgehead atoms. The quantitative estimate of drug-likeness (QED) is 0.755. The molecule has 0 aliphatic carbocycles. The molecular formula is C16H19N3O5S. The predicted molar refractivity (Wildman–Crippen MR) is 90.7 cm³/mol. The van der Waals surface area contributed by atoms with Gasteiger partial charge in [0.15, 0.2) is 9.84 Å². The molecule has 2 saturated heterocycles. The molecule has 0 radical (unpaired) electrons. The largest absolute Gasteiger partial charge is 0.325 e. The second-order valence-electron chi connectivity index (χ2n) is 6.47. The van der Waals surface area contributed by atoms with Crippen LogP contribution in [0.5, 0.6) is 0 Å². The number of amides is 4. The van der Waals surface area contributed by atoms with Crippen molar-refractivity contribution in [1.82, 2.24) is 10.2 Å². The van der Waals surface area contributed by atoms with E-state index < -0.39 is 39.8 Å². The molecule has 2 aliphatic heterocycles. The van der Waals surface area contributed by atoms with Crippen molar-refractivity contribution < 1.29 is 22.8 Å². The van der Waals surface area contributed by atoms with Crippen LogP contribution in [0, 0.1) is 6.92 Å². The van der Waals surface area contributed by atoms with Crippen LogP contribution in [0.1, 0.15) is 18.4 Å². The fraction of sp³-hybridized carbons (Fsp3) is 0.438. The number of nitrogens with zero attached hydrogens (tertiary/aromatic N) is 1. The van der Waals surface area contributed by atoms with Gasteiger partial charge in [0.25, 0.3) is 5.91 Å². The summed E-state index contributed by atoms with van der Waals surface area (Å²) in [7, 11) is -3.17. The van der Waals surface area contributed by atoms with Gasteiger partial charge in [-0.3, -0.25) is 14.5 Å². The fourth-order valence-corrected chi connectivity index (χ4v) is 4.55. The molecule has 1 aromatic carbocycles. The number of carbonyl (C=O) groups is 3. The van der Waals surface area contributed by atoms with Gasteiger partial charge in [0.2, 0.25) is 5.91 Å². The van der Waals surface area contributed by atoms with Crippen molar-refractivity contribution in [2.24, 2.45) is 0 Å². The number of hydrogen-bond acceptors (Lipinski definition) is 5. The molecule has 2 fully saturated rings. The van der Waals surface area contributed by atoms with Crippen molar-refractivity contribution in [2.75, 3.05) is 23.4 Å². The zero-order valence-corrected chi connectivity index (χ0v) is 14.6. The minimum atomic E-state index is -3.17. The second-order valence-corrected chi connectivity index (χ2v) is 8.77. The van der Waals surface area contributed by atoms with Gasteiger partial charge in [0.05, 0.1) is 11.5 Å². The lowest BCUT2D eigenvalue weighted by Crippen LogP contribution is -2.52. The van der Waals surface area contributed by atoms with Crippen LogP contribution in [0.25, 0.3) is 0 Å². The molecule has 9 heteroatoms. The molecule has 2 N–H and O–H groups in total. The van der Waals surface area contributed by atoms with Crippen LogP contribution < -0.4 is 10.6 Å². The van der Waals surface area contributed by atoms with Crippen molar-refractivity contribution in [3.05, 3.63) is 29.8 Å². The molecule has 0 aromatic heterocycles. The first-order valence-electron chi connectivity index (χ1n) is 7.92. The van der Waals surface area contributed by atoms with Gasteiger partial charge in [-0.15, -0.1) is 0 Å². The van der Waals surface area contributed by atoms with Gasteiger partial charge in [-0.2, -0.15) is 0 Å². The molecular weight excluding hydrogens is 346 g/mol. The molecule has 8 nitrogen and oxygen atoms in total. The van der Waals surface area contributed by atoms with Crippen LogP contribution in [0.3, 0.4) is 0 Å². The zero-order chi connectivity index (χ0) is 18.2. The Bertz CT molecular complexity index is 818. The maximum atomic E-state index is 12.6. The molecule has 25 heavy (non-hydrogen) atoms. The molecule has 0 saturated carbocycles. The Balaban J connectivity index is 1.66.